The normalized spacial score (nSPS) is 11.1. The highest BCUT2D eigenvalue weighted by atomic mass is 32.2. The molecule has 1 aromatic heterocycles. The molecule has 1 amide bonds. The van der Waals surface area contributed by atoms with E-state index < -0.39 is 27.8 Å². The molecule has 0 saturated heterocycles. The summed E-state index contributed by atoms with van der Waals surface area (Å²) in [6.07, 6.45) is 0. The highest BCUT2D eigenvalue weighted by Gasteiger charge is 2.21. The fourth-order valence-corrected chi connectivity index (χ4v) is 3.85. The zero-order chi connectivity index (χ0) is 21.7. The Labute approximate surface area is 174 Å². The van der Waals surface area contributed by atoms with E-state index in [1.54, 1.807) is 36.4 Å². The highest BCUT2D eigenvalue weighted by Crippen LogP contribution is 2.18. The third kappa shape index (κ3) is 4.93. The van der Waals surface area contributed by atoms with Gasteiger partial charge in [-0.05, 0) is 56.3 Å². The number of aromatic nitrogens is 2. The van der Waals surface area contributed by atoms with E-state index in [1.807, 2.05) is 13.8 Å². The van der Waals surface area contributed by atoms with Gasteiger partial charge in [0.1, 0.15) is 12.3 Å². The largest absolute Gasteiger partial charge is 0.494 e. The highest BCUT2D eigenvalue weighted by molar-refractivity contribution is 7.91. The standard InChI is InChI=1S/C21H21N3O5S/c1-3-29-17-8-6-16(7-9-17)22-19(25)14-24-21(26)13-12-20(23-24)30(27,28)18-10-4-15(2)5-11-18/h4-13H,3,14H2,1-2H3,(H,22,25). The molecule has 156 valence electrons. The zero-order valence-electron chi connectivity index (χ0n) is 16.5. The van der Waals surface area contributed by atoms with Gasteiger partial charge in [0.25, 0.3) is 5.56 Å². The molecule has 0 bridgehead atoms. The average molecular weight is 427 g/mol. The minimum absolute atomic E-state index is 0.0599. The van der Waals surface area contributed by atoms with Gasteiger partial charge in [-0.3, -0.25) is 9.59 Å². The number of nitrogens with one attached hydrogen (secondary N) is 1. The average Bonchev–Trinajstić information content (AvgIpc) is 2.71. The molecule has 1 heterocycles. The lowest BCUT2D eigenvalue weighted by atomic mass is 10.2. The smallest absolute Gasteiger partial charge is 0.267 e. The Morgan fingerprint density at radius 3 is 2.33 bits per heavy atom. The van der Waals surface area contributed by atoms with Gasteiger partial charge in [-0.2, -0.15) is 5.10 Å². The number of amides is 1. The van der Waals surface area contributed by atoms with Gasteiger partial charge in [0.2, 0.25) is 15.7 Å². The number of sulfone groups is 1. The lowest BCUT2D eigenvalue weighted by Gasteiger charge is -2.09. The van der Waals surface area contributed by atoms with Crippen LogP contribution in [-0.2, 0) is 21.2 Å². The van der Waals surface area contributed by atoms with Crippen LogP contribution in [0.4, 0.5) is 5.69 Å². The summed E-state index contributed by atoms with van der Waals surface area (Å²) in [5.74, 6) is 0.154. The van der Waals surface area contributed by atoms with Crippen LogP contribution < -0.4 is 15.6 Å². The molecule has 0 aliphatic rings. The maximum Gasteiger partial charge on any atom is 0.267 e. The van der Waals surface area contributed by atoms with Crippen LogP contribution in [-0.4, -0.2) is 30.7 Å². The van der Waals surface area contributed by atoms with E-state index in [-0.39, 0.29) is 9.92 Å². The number of hydrogen-bond donors (Lipinski definition) is 1. The van der Waals surface area contributed by atoms with Gasteiger partial charge in [0, 0.05) is 11.8 Å². The predicted molar refractivity (Wildman–Crippen MR) is 111 cm³/mol. The number of rotatable bonds is 7. The van der Waals surface area contributed by atoms with Crippen LogP contribution in [0, 0.1) is 6.92 Å². The molecule has 0 radical (unpaired) electrons. The first-order chi connectivity index (χ1) is 14.3. The van der Waals surface area contributed by atoms with Gasteiger partial charge >= 0.3 is 0 Å². The van der Waals surface area contributed by atoms with Crippen LogP contribution >= 0.6 is 0 Å². The maximum absolute atomic E-state index is 12.8. The van der Waals surface area contributed by atoms with Gasteiger partial charge in [-0.1, -0.05) is 17.7 Å². The first kappa shape index (κ1) is 21.3. The fourth-order valence-electron chi connectivity index (χ4n) is 2.66. The van der Waals surface area contributed by atoms with Crippen molar-refractivity contribution in [3.63, 3.8) is 0 Å². The quantitative estimate of drug-likeness (QED) is 0.621. The molecular weight excluding hydrogens is 406 g/mol. The fraction of sp³-hybridized carbons (Fsp3) is 0.190. The molecule has 3 aromatic rings. The van der Waals surface area contributed by atoms with Crippen molar-refractivity contribution in [1.82, 2.24) is 9.78 Å². The minimum atomic E-state index is -3.92. The van der Waals surface area contributed by atoms with Crippen molar-refractivity contribution in [1.29, 1.82) is 0 Å². The van der Waals surface area contributed by atoms with Crippen LogP contribution in [0.2, 0.25) is 0 Å². The van der Waals surface area contributed by atoms with Crippen LogP contribution in [0.1, 0.15) is 12.5 Å². The van der Waals surface area contributed by atoms with Crippen molar-refractivity contribution in [2.24, 2.45) is 0 Å². The number of aryl methyl sites for hydroxylation is 1. The first-order valence-electron chi connectivity index (χ1n) is 9.22. The van der Waals surface area contributed by atoms with E-state index in [0.29, 0.717) is 18.0 Å². The molecule has 0 saturated carbocycles. The molecule has 0 fully saturated rings. The Morgan fingerprint density at radius 1 is 1.03 bits per heavy atom. The molecule has 1 N–H and O–H groups in total. The number of nitrogens with zero attached hydrogens (tertiary/aromatic N) is 2. The van der Waals surface area contributed by atoms with Crippen molar-refractivity contribution in [3.8, 4) is 5.75 Å². The zero-order valence-corrected chi connectivity index (χ0v) is 17.3. The minimum Gasteiger partial charge on any atom is -0.494 e. The van der Waals surface area contributed by atoms with E-state index in [0.717, 1.165) is 22.4 Å². The van der Waals surface area contributed by atoms with Crippen LogP contribution in [0.3, 0.4) is 0 Å². The second kappa shape index (κ2) is 8.91. The van der Waals surface area contributed by atoms with Crippen molar-refractivity contribution in [2.45, 2.75) is 30.3 Å². The van der Waals surface area contributed by atoms with E-state index in [2.05, 4.69) is 10.4 Å². The maximum atomic E-state index is 12.8. The van der Waals surface area contributed by atoms with Gasteiger partial charge in [0.15, 0.2) is 5.03 Å². The third-order valence-corrected chi connectivity index (χ3v) is 5.85. The Morgan fingerprint density at radius 2 is 1.70 bits per heavy atom. The molecule has 0 aliphatic carbocycles. The molecule has 3 rings (SSSR count). The van der Waals surface area contributed by atoms with Crippen molar-refractivity contribution >= 4 is 21.4 Å². The van der Waals surface area contributed by atoms with Crippen LogP contribution in [0.5, 0.6) is 5.75 Å². The monoisotopic (exact) mass is 427 g/mol. The van der Waals surface area contributed by atoms with Gasteiger partial charge in [-0.25, -0.2) is 13.1 Å². The van der Waals surface area contributed by atoms with Gasteiger partial charge < -0.3 is 10.1 Å². The summed E-state index contributed by atoms with van der Waals surface area (Å²) in [6.45, 7) is 3.82. The van der Waals surface area contributed by atoms with Crippen LogP contribution in [0.25, 0.3) is 0 Å². The summed E-state index contributed by atoms with van der Waals surface area (Å²) >= 11 is 0. The molecule has 9 heteroatoms. The number of benzene rings is 2. The molecule has 0 unspecified atom stereocenters. The summed E-state index contributed by atoms with van der Waals surface area (Å²) < 4.78 is 31.7. The Hall–Kier alpha value is -3.46. The summed E-state index contributed by atoms with van der Waals surface area (Å²) in [5, 5.41) is 6.23. The summed E-state index contributed by atoms with van der Waals surface area (Å²) in [5.41, 5.74) is 0.845. The molecule has 0 aliphatic heterocycles. The van der Waals surface area contributed by atoms with Crippen molar-refractivity contribution in [2.75, 3.05) is 11.9 Å². The van der Waals surface area contributed by atoms with Crippen molar-refractivity contribution < 1.29 is 17.9 Å². The number of hydrogen-bond acceptors (Lipinski definition) is 6. The summed E-state index contributed by atoms with van der Waals surface area (Å²) in [4.78, 5) is 24.5. The van der Waals surface area contributed by atoms with E-state index >= 15 is 0 Å². The van der Waals surface area contributed by atoms with E-state index in [4.69, 9.17) is 4.74 Å². The number of carbonyl (C=O) groups excluding carboxylic acids is 1. The topological polar surface area (TPSA) is 107 Å². The molecule has 8 nitrogen and oxygen atoms in total. The summed E-state index contributed by atoms with van der Waals surface area (Å²) in [7, 11) is -3.92. The Bertz CT molecular complexity index is 1200. The predicted octanol–water partition coefficient (Wildman–Crippen LogP) is 2.42. The van der Waals surface area contributed by atoms with E-state index in [9.17, 15) is 18.0 Å². The molecule has 30 heavy (non-hydrogen) atoms. The lowest BCUT2D eigenvalue weighted by Crippen LogP contribution is -2.30. The number of ether oxygens (including phenoxy) is 1. The number of anilines is 1. The second-order valence-corrected chi connectivity index (χ2v) is 8.39. The molecule has 0 atom stereocenters. The second-order valence-electron chi connectivity index (χ2n) is 6.49. The van der Waals surface area contributed by atoms with Crippen molar-refractivity contribution in [3.05, 3.63) is 76.6 Å². The van der Waals surface area contributed by atoms with Gasteiger partial charge in [-0.15, -0.1) is 0 Å². The SMILES string of the molecule is CCOc1ccc(NC(=O)Cn2nc(S(=O)(=O)c3ccc(C)cc3)ccc2=O)cc1. The number of carbonyl (C=O) groups is 1. The molecule has 0 spiro atoms. The first-order valence-corrected chi connectivity index (χ1v) is 10.7. The Balaban J connectivity index is 1.79. The molecular formula is C21H21N3O5S. The molecule has 2 aromatic carbocycles. The van der Waals surface area contributed by atoms with Crippen LogP contribution in [0.15, 0.2) is 75.4 Å². The lowest BCUT2D eigenvalue weighted by molar-refractivity contribution is -0.117. The van der Waals surface area contributed by atoms with E-state index in [1.165, 1.54) is 12.1 Å². The Kier molecular flexibility index (Phi) is 6.31. The summed E-state index contributed by atoms with van der Waals surface area (Å²) in [6, 6.07) is 15.3. The third-order valence-electron chi connectivity index (χ3n) is 4.19. The van der Waals surface area contributed by atoms with Gasteiger partial charge in [0.05, 0.1) is 11.5 Å².